The number of rotatable bonds is 5. The predicted molar refractivity (Wildman–Crippen MR) is 61.8 cm³/mol. The van der Waals surface area contributed by atoms with Crippen LogP contribution >= 0.6 is 0 Å². The maximum atomic E-state index is 10.7. The van der Waals surface area contributed by atoms with E-state index in [1.807, 2.05) is 0 Å². The molecule has 0 aliphatic rings. The third kappa shape index (κ3) is 3.44. The molecule has 5 heteroatoms. The van der Waals surface area contributed by atoms with Gasteiger partial charge in [0.25, 0.3) is 0 Å². The number of benzene rings is 1. The predicted octanol–water partition coefficient (Wildman–Crippen LogP) is 1.62. The normalized spacial score (nSPS) is 8.82. The molecule has 0 fully saturated rings. The molecule has 5 nitrogen and oxygen atoms in total. The minimum atomic E-state index is -0.559. The number of ether oxygens (including phenoxy) is 2. The highest BCUT2D eigenvalue weighted by Crippen LogP contribution is 2.31. The highest BCUT2D eigenvalue weighted by Gasteiger charge is 2.15. The van der Waals surface area contributed by atoms with Crippen molar-refractivity contribution >= 4 is 5.69 Å². The molecule has 0 radical (unpaired) electrons. The van der Waals surface area contributed by atoms with Crippen LogP contribution in [-0.4, -0.2) is 18.1 Å². The van der Waals surface area contributed by atoms with Crippen LogP contribution in [-0.2, 0) is 0 Å². The van der Waals surface area contributed by atoms with E-state index >= 15 is 0 Å². The first-order chi connectivity index (χ1) is 8.19. The molecule has 1 rings (SSSR count). The van der Waals surface area contributed by atoms with Gasteiger partial charge in [0.05, 0.1) is 4.92 Å². The molecule has 0 bridgehead atoms. The minimum Gasteiger partial charge on any atom is -0.481 e. The van der Waals surface area contributed by atoms with Gasteiger partial charge in [-0.1, -0.05) is 11.8 Å². The fourth-order valence-corrected chi connectivity index (χ4v) is 1.10. The summed E-state index contributed by atoms with van der Waals surface area (Å²) in [5, 5.41) is 10.7. The summed E-state index contributed by atoms with van der Waals surface area (Å²) in [4.78, 5) is 10.2. The summed E-state index contributed by atoms with van der Waals surface area (Å²) in [5.74, 6) is 4.96. The summed E-state index contributed by atoms with van der Waals surface area (Å²) < 4.78 is 10.2. The molecule has 0 heterocycles. The number of hydrogen-bond donors (Lipinski definition) is 0. The molecule has 0 aliphatic heterocycles. The van der Waals surface area contributed by atoms with Crippen LogP contribution < -0.4 is 9.47 Å². The first-order valence-corrected chi connectivity index (χ1v) is 4.60. The maximum absolute atomic E-state index is 10.7. The summed E-state index contributed by atoms with van der Waals surface area (Å²) >= 11 is 0. The van der Waals surface area contributed by atoms with Crippen LogP contribution in [0.25, 0.3) is 0 Å². The Morgan fingerprint density at radius 2 is 1.88 bits per heavy atom. The van der Waals surface area contributed by atoms with Gasteiger partial charge in [-0.15, -0.1) is 12.8 Å². The van der Waals surface area contributed by atoms with Crippen molar-refractivity contribution in [2.24, 2.45) is 0 Å². The second kappa shape index (κ2) is 6.04. The number of nitrogens with zero attached hydrogens (tertiary/aromatic N) is 1. The zero-order valence-corrected chi connectivity index (χ0v) is 8.88. The van der Waals surface area contributed by atoms with Crippen LogP contribution in [0.15, 0.2) is 18.2 Å². The van der Waals surface area contributed by atoms with E-state index in [1.54, 1.807) is 0 Å². The Bertz CT molecular complexity index is 496. The Labute approximate surface area is 98.5 Å². The number of terminal acetylenes is 2. The molecular weight excluding hydrogens is 222 g/mol. The van der Waals surface area contributed by atoms with E-state index in [4.69, 9.17) is 22.3 Å². The van der Waals surface area contributed by atoms with Gasteiger partial charge in [0.2, 0.25) is 5.75 Å². The molecule has 0 saturated carbocycles. The van der Waals surface area contributed by atoms with Gasteiger partial charge in [-0.3, -0.25) is 10.1 Å². The average molecular weight is 231 g/mol. The fraction of sp³-hybridized carbons (Fsp3) is 0.167. The summed E-state index contributed by atoms with van der Waals surface area (Å²) in [6.07, 6.45) is 10.0. The van der Waals surface area contributed by atoms with E-state index in [1.165, 1.54) is 18.2 Å². The first kappa shape index (κ1) is 12.4. The van der Waals surface area contributed by atoms with Crippen molar-refractivity contribution in [3.8, 4) is 36.2 Å². The number of nitro groups is 1. The number of nitro benzene ring substituents is 1. The lowest BCUT2D eigenvalue weighted by Crippen LogP contribution is -2.00. The van der Waals surface area contributed by atoms with E-state index in [9.17, 15) is 10.1 Å². The van der Waals surface area contributed by atoms with Crippen LogP contribution in [0.3, 0.4) is 0 Å². The van der Waals surface area contributed by atoms with Crippen LogP contribution in [0.2, 0.25) is 0 Å². The third-order valence-corrected chi connectivity index (χ3v) is 1.76. The Hall–Kier alpha value is -2.66. The van der Waals surface area contributed by atoms with Crippen LogP contribution in [0, 0.1) is 34.8 Å². The van der Waals surface area contributed by atoms with Gasteiger partial charge in [0.1, 0.15) is 19.0 Å². The summed E-state index contributed by atoms with van der Waals surface area (Å²) in [6.45, 7) is 0.0197. The van der Waals surface area contributed by atoms with Crippen molar-refractivity contribution in [1.29, 1.82) is 0 Å². The summed E-state index contributed by atoms with van der Waals surface area (Å²) in [6, 6.07) is 4.10. The molecule has 0 amide bonds. The molecule has 17 heavy (non-hydrogen) atoms. The van der Waals surface area contributed by atoms with E-state index < -0.39 is 4.92 Å². The Morgan fingerprint density at radius 3 is 2.47 bits per heavy atom. The Balaban J connectivity index is 2.98. The minimum absolute atomic E-state index is 0.0561. The third-order valence-electron chi connectivity index (χ3n) is 1.76. The van der Waals surface area contributed by atoms with Gasteiger partial charge in [0, 0.05) is 12.1 Å². The van der Waals surface area contributed by atoms with Crippen molar-refractivity contribution in [1.82, 2.24) is 0 Å². The standard InChI is InChI=1S/C12H9NO4/c1-3-7-16-10-5-6-11(13(14)15)12(9-10)17-8-4-2/h1-2,5-6,9H,7-8H2. The molecule has 1 aromatic rings. The Kier molecular flexibility index (Phi) is 4.41. The van der Waals surface area contributed by atoms with Crippen molar-refractivity contribution in [3.05, 3.63) is 28.3 Å². The van der Waals surface area contributed by atoms with Crippen LogP contribution in [0.4, 0.5) is 5.69 Å². The Morgan fingerprint density at radius 1 is 1.24 bits per heavy atom. The van der Waals surface area contributed by atoms with E-state index in [-0.39, 0.29) is 24.7 Å². The lowest BCUT2D eigenvalue weighted by atomic mass is 10.3. The summed E-state index contributed by atoms with van der Waals surface area (Å²) in [7, 11) is 0. The van der Waals surface area contributed by atoms with Gasteiger partial charge in [-0.25, -0.2) is 0 Å². The largest absolute Gasteiger partial charge is 0.481 e. The molecule has 1 aromatic carbocycles. The molecule has 0 unspecified atom stereocenters. The van der Waals surface area contributed by atoms with Gasteiger partial charge in [-0.2, -0.15) is 0 Å². The van der Waals surface area contributed by atoms with Crippen molar-refractivity contribution in [3.63, 3.8) is 0 Å². The second-order valence-electron chi connectivity index (χ2n) is 2.87. The highest BCUT2D eigenvalue weighted by atomic mass is 16.6. The molecule has 0 spiro atoms. The average Bonchev–Trinajstić information content (AvgIpc) is 2.33. The SMILES string of the molecule is C#CCOc1ccc([N+](=O)[O-])c(OCC#C)c1. The molecule has 0 N–H and O–H groups in total. The number of hydrogen-bond acceptors (Lipinski definition) is 4. The van der Waals surface area contributed by atoms with Crippen LogP contribution in [0.1, 0.15) is 0 Å². The molecular formula is C12H9NO4. The van der Waals surface area contributed by atoms with Crippen molar-refractivity contribution < 1.29 is 14.4 Å². The second-order valence-corrected chi connectivity index (χ2v) is 2.87. The van der Waals surface area contributed by atoms with E-state index in [0.717, 1.165) is 0 Å². The topological polar surface area (TPSA) is 61.6 Å². The maximum Gasteiger partial charge on any atom is 0.311 e. The first-order valence-electron chi connectivity index (χ1n) is 4.60. The quantitative estimate of drug-likeness (QED) is 0.439. The molecule has 0 atom stereocenters. The summed E-state index contributed by atoms with van der Waals surface area (Å²) in [5.41, 5.74) is -0.173. The zero-order valence-electron chi connectivity index (χ0n) is 8.88. The van der Waals surface area contributed by atoms with Gasteiger partial charge in [0.15, 0.2) is 0 Å². The smallest absolute Gasteiger partial charge is 0.311 e. The van der Waals surface area contributed by atoms with Gasteiger partial charge < -0.3 is 9.47 Å². The molecule has 0 saturated heterocycles. The van der Waals surface area contributed by atoms with Gasteiger partial charge in [-0.05, 0) is 6.07 Å². The molecule has 0 aliphatic carbocycles. The zero-order chi connectivity index (χ0) is 12.7. The van der Waals surface area contributed by atoms with E-state index in [0.29, 0.717) is 5.75 Å². The monoisotopic (exact) mass is 231 g/mol. The fourth-order valence-electron chi connectivity index (χ4n) is 1.10. The van der Waals surface area contributed by atoms with Crippen molar-refractivity contribution in [2.45, 2.75) is 0 Å². The molecule has 0 aromatic heterocycles. The van der Waals surface area contributed by atoms with Crippen molar-refractivity contribution in [2.75, 3.05) is 13.2 Å². The van der Waals surface area contributed by atoms with Gasteiger partial charge >= 0.3 is 5.69 Å². The lowest BCUT2D eigenvalue weighted by Gasteiger charge is -2.06. The van der Waals surface area contributed by atoms with E-state index in [2.05, 4.69) is 11.8 Å². The van der Waals surface area contributed by atoms with Crippen LogP contribution in [0.5, 0.6) is 11.5 Å². The molecule has 86 valence electrons. The lowest BCUT2D eigenvalue weighted by molar-refractivity contribution is -0.385. The highest BCUT2D eigenvalue weighted by molar-refractivity contribution is 5.50.